The number of hydrogen-bond acceptors (Lipinski definition) is 7. The number of rotatable bonds is 5. The first-order chi connectivity index (χ1) is 15.1. The molecule has 9 heteroatoms. The Morgan fingerprint density at radius 2 is 2.10 bits per heavy atom. The van der Waals surface area contributed by atoms with Gasteiger partial charge in [-0.3, -0.25) is 14.3 Å². The topological polar surface area (TPSA) is 50.6 Å². The Hall–Kier alpha value is -1.42. The van der Waals surface area contributed by atoms with E-state index in [0.29, 0.717) is 5.02 Å². The van der Waals surface area contributed by atoms with E-state index >= 15 is 0 Å². The first-order valence-electron chi connectivity index (χ1n) is 10.5. The zero-order valence-electron chi connectivity index (χ0n) is 17.5. The molecule has 0 bridgehead atoms. The monoisotopic (exact) mass is 476 g/mol. The minimum Gasteiger partial charge on any atom is -0.379 e. The van der Waals surface area contributed by atoms with Gasteiger partial charge in [0, 0.05) is 48.4 Å². The normalized spacial score (nSPS) is 17.9. The predicted molar refractivity (Wildman–Crippen MR) is 128 cm³/mol. The fourth-order valence-electron chi connectivity index (χ4n) is 4.18. The number of halogens is 1. The van der Waals surface area contributed by atoms with Gasteiger partial charge in [0.05, 0.1) is 24.3 Å². The van der Waals surface area contributed by atoms with Crippen molar-refractivity contribution in [2.45, 2.75) is 18.1 Å². The molecule has 2 aromatic heterocycles. The minimum absolute atomic E-state index is 0.0168. The molecule has 2 aliphatic heterocycles. The van der Waals surface area contributed by atoms with Crippen molar-refractivity contribution in [3.8, 4) is 5.69 Å². The lowest BCUT2D eigenvalue weighted by Crippen LogP contribution is -2.37. The number of aromatic nitrogens is 2. The Bertz CT molecular complexity index is 1160. The van der Waals surface area contributed by atoms with E-state index in [0.717, 1.165) is 79.2 Å². The van der Waals surface area contributed by atoms with Gasteiger partial charge in [0.25, 0.3) is 5.56 Å². The molecule has 31 heavy (non-hydrogen) atoms. The number of thioether (sulfide) groups is 1. The van der Waals surface area contributed by atoms with E-state index in [1.165, 1.54) is 10.4 Å². The van der Waals surface area contributed by atoms with E-state index in [9.17, 15) is 4.79 Å². The van der Waals surface area contributed by atoms with Crippen LogP contribution < -0.4 is 5.56 Å². The first-order valence-corrected chi connectivity index (χ1v) is 12.7. The third kappa shape index (κ3) is 4.42. The number of likely N-dealkylation sites (N-methyl/N-ethyl adjacent to an activating group) is 1. The van der Waals surface area contributed by atoms with Gasteiger partial charge in [-0.1, -0.05) is 29.4 Å². The summed E-state index contributed by atoms with van der Waals surface area (Å²) in [4.78, 5) is 25.6. The Labute approximate surface area is 194 Å². The zero-order valence-corrected chi connectivity index (χ0v) is 19.9. The van der Waals surface area contributed by atoms with Crippen LogP contribution in [0.5, 0.6) is 0 Å². The second kappa shape index (κ2) is 9.21. The fraction of sp³-hybridized carbons (Fsp3) is 0.455. The van der Waals surface area contributed by atoms with Crippen molar-refractivity contribution < 1.29 is 4.74 Å². The largest absolute Gasteiger partial charge is 0.379 e. The van der Waals surface area contributed by atoms with Gasteiger partial charge in [0.15, 0.2) is 5.16 Å². The maximum Gasteiger partial charge on any atom is 0.267 e. The predicted octanol–water partition coefficient (Wildman–Crippen LogP) is 3.51. The van der Waals surface area contributed by atoms with Crippen molar-refractivity contribution in [3.05, 3.63) is 50.1 Å². The number of hydrogen-bond donors (Lipinski definition) is 0. The molecule has 1 aromatic carbocycles. The molecular formula is C22H25ClN4O2S2. The first kappa shape index (κ1) is 21.4. The van der Waals surface area contributed by atoms with Crippen LogP contribution in [0.1, 0.15) is 10.4 Å². The van der Waals surface area contributed by atoms with Gasteiger partial charge < -0.3 is 9.64 Å². The van der Waals surface area contributed by atoms with Gasteiger partial charge in [-0.15, -0.1) is 11.3 Å². The third-order valence-corrected chi connectivity index (χ3v) is 8.11. The molecule has 3 aromatic rings. The Kier molecular flexibility index (Phi) is 6.37. The van der Waals surface area contributed by atoms with Gasteiger partial charge in [-0.2, -0.15) is 0 Å². The fourth-order valence-corrected chi connectivity index (χ4v) is 6.72. The SMILES string of the molecule is CN1CCc2c(sc3nc(SCCN4CCOCC4)n(-c4cccc(Cl)c4)c(=O)c23)C1. The molecule has 0 N–H and O–H groups in total. The van der Waals surface area contributed by atoms with Crippen molar-refractivity contribution in [1.82, 2.24) is 19.4 Å². The summed E-state index contributed by atoms with van der Waals surface area (Å²) < 4.78 is 7.20. The smallest absolute Gasteiger partial charge is 0.267 e. The maximum atomic E-state index is 13.8. The van der Waals surface area contributed by atoms with E-state index in [1.54, 1.807) is 27.7 Å². The lowest BCUT2D eigenvalue weighted by molar-refractivity contribution is 0.0410. The standard InChI is InChI=1S/C22H25ClN4O2S2/c1-25-6-5-17-18(14-25)31-20-19(17)21(28)27(16-4-2-3-15(23)13-16)22(24-20)30-12-9-26-7-10-29-11-8-26/h2-4,13H,5-12,14H2,1H3. The van der Waals surface area contributed by atoms with Crippen LogP contribution in [0.15, 0.2) is 34.2 Å². The molecule has 1 fully saturated rings. The molecule has 4 heterocycles. The van der Waals surface area contributed by atoms with Crippen molar-refractivity contribution in [2.24, 2.45) is 0 Å². The van der Waals surface area contributed by atoms with E-state index in [2.05, 4.69) is 16.8 Å². The molecule has 164 valence electrons. The van der Waals surface area contributed by atoms with E-state index in [1.807, 2.05) is 24.3 Å². The lowest BCUT2D eigenvalue weighted by atomic mass is 10.1. The molecule has 0 radical (unpaired) electrons. The maximum absolute atomic E-state index is 13.8. The molecule has 2 aliphatic rings. The molecule has 0 aliphatic carbocycles. The van der Waals surface area contributed by atoms with Crippen LogP contribution in [-0.2, 0) is 17.7 Å². The van der Waals surface area contributed by atoms with E-state index in [4.69, 9.17) is 21.3 Å². The van der Waals surface area contributed by atoms with Gasteiger partial charge >= 0.3 is 0 Å². The summed E-state index contributed by atoms with van der Waals surface area (Å²) in [6.45, 7) is 6.29. The summed E-state index contributed by atoms with van der Waals surface area (Å²) in [5.74, 6) is 0.867. The summed E-state index contributed by atoms with van der Waals surface area (Å²) in [5.41, 5.74) is 1.97. The van der Waals surface area contributed by atoms with Gasteiger partial charge in [-0.05, 0) is 37.2 Å². The van der Waals surface area contributed by atoms with E-state index in [-0.39, 0.29) is 5.56 Å². The second-order valence-electron chi connectivity index (χ2n) is 7.99. The number of fused-ring (bicyclic) bond motifs is 3. The Morgan fingerprint density at radius 1 is 1.26 bits per heavy atom. The molecule has 0 atom stereocenters. The van der Waals surface area contributed by atoms with Crippen LogP contribution in [0.25, 0.3) is 15.9 Å². The molecular weight excluding hydrogens is 452 g/mol. The molecule has 0 spiro atoms. The lowest BCUT2D eigenvalue weighted by Gasteiger charge is -2.26. The van der Waals surface area contributed by atoms with Crippen molar-refractivity contribution in [3.63, 3.8) is 0 Å². The van der Waals surface area contributed by atoms with Crippen LogP contribution in [-0.4, -0.2) is 71.5 Å². The zero-order chi connectivity index (χ0) is 21.4. The molecule has 0 amide bonds. The van der Waals surface area contributed by atoms with Gasteiger partial charge in [0.2, 0.25) is 0 Å². The third-order valence-electron chi connectivity index (χ3n) is 5.84. The highest BCUT2D eigenvalue weighted by atomic mass is 35.5. The highest BCUT2D eigenvalue weighted by molar-refractivity contribution is 7.99. The summed E-state index contributed by atoms with van der Waals surface area (Å²) in [6, 6.07) is 7.48. The van der Waals surface area contributed by atoms with Crippen LogP contribution in [0.4, 0.5) is 0 Å². The van der Waals surface area contributed by atoms with E-state index < -0.39 is 0 Å². The average Bonchev–Trinajstić information content (AvgIpc) is 3.12. The molecule has 5 rings (SSSR count). The number of morpholine rings is 1. The van der Waals surface area contributed by atoms with Crippen LogP contribution in [0.3, 0.4) is 0 Å². The molecule has 0 unspecified atom stereocenters. The van der Waals surface area contributed by atoms with Crippen LogP contribution >= 0.6 is 34.7 Å². The average molecular weight is 477 g/mol. The Balaban J connectivity index is 1.55. The number of ether oxygens (including phenoxy) is 1. The quantitative estimate of drug-likeness (QED) is 0.415. The van der Waals surface area contributed by atoms with Gasteiger partial charge in [-0.25, -0.2) is 4.98 Å². The number of nitrogens with zero attached hydrogens (tertiary/aromatic N) is 4. The second-order valence-corrected chi connectivity index (χ2v) is 10.6. The summed E-state index contributed by atoms with van der Waals surface area (Å²) in [7, 11) is 2.12. The van der Waals surface area contributed by atoms with Crippen molar-refractivity contribution in [1.29, 1.82) is 0 Å². The number of thiophene rings is 1. The van der Waals surface area contributed by atoms with Crippen LogP contribution in [0, 0.1) is 0 Å². The summed E-state index contributed by atoms with van der Waals surface area (Å²) in [6.07, 6.45) is 0.891. The van der Waals surface area contributed by atoms with Crippen molar-refractivity contribution in [2.75, 3.05) is 52.2 Å². The molecule has 1 saturated heterocycles. The Morgan fingerprint density at radius 3 is 2.90 bits per heavy atom. The highest BCUT2D eigenvalue weighted by Crippen LogP contribution is 2.34. The summed E-state index contributed by atoms with van der Waals surface area (Å²) in [5, 5.41) is 2.13. The highest BCUT2D eigenvalue weighted by Gasteiger charge is 2.24. The minimum atomic E-state index is 0.0168. The van der Waals surface area contributed by atoms with Crippen LogP contribution in [0.2, 0.25) is 5.02 Å². The number of benzene rings is 1. The molecule has 6 nitrogen and oxygen atoms in total. The summed E-state index contributed by atoms with van der Waals surface area (Å²) >= 11 is 9.58. The van der Waals surface area contributed by atoms with Crippen molar-refractivity contribution >= 4 is 44.9 Å². The molecule has 0 saturated carbocycles. The van der Waals surface area contributed by atoms with Gasteiger partial charge in [0.1, 0.15) is 4.83 Å².